The van der Waals surface area contributed by atoms with Crippen LogP contribution in [-0.2, 0) is 26.1 Å². The molecule has 9 nitrogen and oxygen atoms in total. The van der Waals surface area contributed by atoms with Crippen molar-refractivity contribution in [3.05, 3.63) is 61.7 Å². The number of hydrogen-bond donors (Lipinski definition) is 0. The van der Waals surface area contributed by atoms with E-state index in [-0.39, 0.29) is 34.5 Å². The van der Waals surface area contributed by atoms with Gasteiger partial charge in [0.05, 0.1) is 22.1 Å². The number of benzene rings is 1. The number of furan rings is 1. The monoisotopic (exact) mass is 597 g/mol. The van der Waals surface area contributed by atoms with Gasteiger partial charge in [0.15, 0.2) is 5.78 Å². The molecule has 0 bridgehead atoms. The maximum Gasteiger partial charge on any atom is 0.269 e. The lowest BCUT2D eigenvalue weighted by Gasteiger charge is -2.18. The fourth-order valence-electron chi connectivity index (χ4n) is 4.65. The summed E-state index contributed by atoms with van der Waals surface area (Å²) >= 11 is 1.09. The second-order valence-electron chi connectivity index (χ2n) is 10.8. The maximum absolute atomic E-state index is 13.5. The van der Waals surface area contributed by atoms with Gasteiger partial charge < -0.3 is 9.15 Å². The van der Waals surface area contributed by atoms with Crippen molar-refractivity contribution in [2.24, 2.45) is 5.41 Å². The van der Waals surface area contributed by atoms with Crippen molar-refractivity contribution in [2.45, 2.75) is 65.0 Å². The van der Waals surface area contributed by atoms with Crippen molar-refractivity contribution in [3.8, 4) is 17.4 Å². The highest BCUT2D eigenvalue weighted by Crippen LogP contribution is 2.25. The molecule has 41 heavy (non-hydrogen) atoms. The standard InChI is InChI=1S/C30H35N3O6S2/c1-6-32(7-2)41(36,37)23-13-10-20(11-14-23)25-15-12-21(39-25)17-26-28(35)33(19-22-9-8-16-38-22)29(40-26)24(18-31)27(34)30(3,4)5/h10-15,17,22H,6-9,16,19H2,1-5H3/b26-17+,29-24+/t22-/m0/s1. The Bertz CT molecular complexity index is 1740. The highest BCUT2D eigenvalue weighted by molar-refractivity contribution is 7.89. The molecule has 0 aliphatic carbocycles. The fourth-order valence-corrected chi connectivity index (χ4v) is 7.20. The first kappa shape index (κ1) is 30.7. The molecule has 2 aromatic heterocycles. The van der Waals surface area contributed by atoms with Crippen LogP contribution in [0.15, 0.2) is 50.5 Å². The molecule has 0 N–H and O–H groups in total. The number of ketones is 1. The quantitative estimate of drug-likeness (QED) is 0.370. The molecule has 0 amide bonds. The lowest BCUT2D eigenvalue weighted by atomic mass is 9.87. The zero-order chi connectivity index (χ0) is 29.9. The van der Waals surface area contributed by atoms with Gasteiger partial charge in [0.2, 0.25) is 10.0 Å². The van der Waals surface area contributed by atoms with E-state index in [1.165, 1.54) is 8.87 Å². The molecular weight excluding hydrogens is 562 g/mol. The first-order valence-electron chi connectivity index (χ1n) is 13.6. The zero-order valence-electron chi connectivity index (χ0n) is 24.0. The van der Waals surface area contributed by atoms with E-state index in [2.05, 4.69) is 0 Å². The van der Waals surface area contributed by atoms with E-state index >= 15 is 0 Å². The third kappa shape index (κ3) is 6.46. The van der Waals surface area contributed by atoms with E-state index in [4.69, 9.17) is 9.15 Å². The summed E-state index contributed by atoms with van der Waals surface area (Å²) < 4.78 is 40.9. The molecule has 0 spiro atoms. The minimum atomic E-state index is -3.57. The van der Waals surface area contributed by atoms with Crippen molar-refractivity contribution in [3.63, 3.8) is 0 Å². The van der Waals surface area contributed by atoms with Crippen LogP contribution >= 0.6 is 11.3 Å². The number of nitrogens with zero attached hydrogens (tertiary/aromatic N) is 3. The Morgan fingerprint density at radius 1 is 1.17 bits per heavy atom. The Morgan fingerprint density at radius 3 is 2.41 bits per heavy atom. The van der Waals surface area contributed by atoms with Crippen molar-refractivity contribution < 1.29 is 22.4 Å². The minimum absolute atomic E-state index is 0.0443. The number of ether oxygens (including phenoxy) is 1. The third-order valence-electron chi connectivity index (χ3n) is 6.93. The number of nitriles is 1. The van der Waals surface area contributed by atoms with Crippen molar-refractivity contribution in [1.29, 1.82) is 5.26 Å². The number of Topliss-reactive ketones (excluding diaryl/α,β-unsaturated/α-hetero) is 1. The molecule has 218 valence electrons. The van der Waals surface area contributed by atoms with Gasteiger partial charge in [-0.25, -0.2) is 8.42 Å². The predicted octanol–water partition coefficient (Wildman–Crippen LogP) is 3.50. The van der Waals surface area contributed by atoms with Gasteiger partial charge in [0.1, 0.15) is 27.8 Å². The molecule has 1 aromatic carbocycles. The minimum Gasteiger partial charge on any atom is -0.457 e. The molecule has 11 heteroatoms. The van der Waals surface area contributed by atoms with Crippen LogP contribution in [0.4, 0.5) is 0 Å². The third-order valence-corrected chi connectivity index (χ3v) is 10.1. The molecule has 0 saturated carbocycles. The van der Waals surface area contributed by atoms with Gasteiger partial charge in [0, 0.05) is 36.8 Å². The van der Waals surface area contributed by atoms with E-state index in [0.29, 0.717) is 46.0 Å². The summed E-state index contributed by atoms with van der Waals surface area (Å²) in [5.74, 6) is 0.585. The van der Waals surface area contributed by atoms with Crippen LogP contribution in [0.2, 0.25) is 0 Å². The molecular formula is C30H35N3O6S2. The van der Waals surface area contributed by atoms with Crippen molar-refractivity contribution in [1.82, 2.24) is 8.87 Å². The molecule has 0 radical (unpaired) electrons. The molecule has 1 fully saturated rings. The van der Waals surface area contributed by atoms with Gasteiger partial charge in [-0.15, -0.1) is 11.3 Å². The summed E-state index contributed by atoms with van der Waals surface area (Å²) in [5.41, 5.74) is -0.475. The number of hydrogen-bond acceptors (Lipinski definition) is 8. The molecule has 3 heterocycles. The summed E-state index contributed by atoms with van der Waals surface area (Å²) in [7, 11) is -3.57. The molecule has 0 unspecified atom stereocenters. The van der Waals surface area contributed by atoms with E-state index < -0.39 is 15.4 Å². The number of aromatic nitrogens is 1. The Morgan fingerprint density at radius 2 is 1.85 bits per heavy atom. The molecule has 4 rings (SSSR count). The van der Waals surface area contributed by atoms with Gasteiger partial charge in [-0.05, 0) is 49.2 Å². The van der Waals surface area contributed by atoms with Gasteiger partial charge >= 0.3 is 0 Å². The van der Waals surface area contributed by atoms with Crippen molar-refractivity contribution in [2.75, 3.05) is 19.7 Å². The van der Waals surface area contributed by atoms with Crippen LogP contribution in [0.3, 0.4) is 0 Å². The molecule has 1 atom stereocenters. The summed E-state index contributed by atoms with van der Waals surface area (Å²) in [4.78, 5) is 26.9. The van der Waals surface area contributed by atoms with Crippen LogP contribution in [-0.4, -0.2) is 48.9 Å². The lowest BCUT2D eigenvalue weighted by Crippen LogP contribution is -2.37. The maximum atomic E-state index is 13.5. The van der Waals surface area contributed by atoms with Crippen LogP contribution in [0.5, 0.6) is 0 Å². The highest BCUT2D eigenvalue weighted by atomic mass is 32.2. The normalized spacial score (nSPS) is 17.2. The lowest BCUT2D eigenvalue weighted by molar-refractivity contribution is -0.120. The van der Waals surface area contributed by atoms with E-state index in [1.807, 2.05) is 6.07 Å². The number of thiazole rings is 1. The van der Waals surface area contributed by atoms with Crippen LogP contribution in [0, 0.1) is 16.7 Å². The van der Waals surface area contributed by atoms with Gasteiger partial charge in [0.25, 0.3) is 5.56 Å². The largest absolute Gasteiger partial charge is 0.457 e. The predicted molar refractivity (Wildman–Crippen MR) is 158 cm³/mol. The molecule has 1 aliphatic rings. The van der Waals surface area contributed by atoms with E-state index in [1.54, 1.807) is 77.1 Å². The summed E-state index contributed by atoms with van der Waals surface area (Å²) in [5, 5.41) is 9.93. The molecule has 1 saturated heterocycles. The first-order chi connectivity index (χ1) is 19.4. The SMILES string of the molecule is CCN(CC)S(=O)(=O)c1ccc(-c2ccc(/C=c3/s/c(=C(\C#N)C(=O)C(C)(C)C)n(C[C@@H]4CCCO4)c3=O)o2)cc1. The van der Waals surface area contributed by atoms with E-state index in [0.717, 1.165) is 24.2 Å². The van der Waals surface area contributed by atoms with Gasteiger partial charge in [-0.3, -0.25) is 14.2 Å². The number of carbonyl (C=O) groups is 1. The Hall–Kier alpha value is -3.30. The Labute approximate surface area is 244 Å². The van der Waals surface area contributed by atoms with Crippen LogP contribution < -0.4 is 14.8 Å². The smallest absolute Gasteiger partial charge is 0.269 e. The average molecular weight is 598 g/mol. The van der Waals surface area contributed by atoms with Crippen LogP contribution in [0.25, 0.3) is 23.0 Å². The van der Waals surface area contributed by atoms with Crippen molar-refractivity contribution >= 4 is 38.8 Å². The van der Waals surface area contributed by atoms with E-state index in [9.17, 15) is 23.3 Å². The second kappa shape index (κ2) is 12.3. The van der Waals surface area contributed by atoms with Gasteiger partial charge in [-0.2, -0.15) is 9.57 Å². The number of rotatable bonds is 9. The zero-order valence-corrected chi connectivity index (χ0v) is 25.6. The summed E-state index contributed by atoms with van der Waals surface area (Å²) in [6, 6.07) is 12.0. The average Bonchev–Trinajstić information content (AvgIpc) is 3.68. The fraction of sp³-hybridized carbons (Fsp3) is 0.433. The molecule has 3 aromatic rings. The first-order valence-corrected chi connectivity index (χ1v) is 15.9. The Kier molecular flexibility index (Phi) is 9.19. The second-order valence-corrected chi connectivity index (χ2v) is 13.8. The Balaban J connectivity index is 1.75. The van der Waals surface area contributed by atoms with Crippen LogP contribution in [0.1, 0.15) is 53.2 Å². The van der Waals surface area contributed by atoms with Gasteiger partial charge in [-0.1, -0.05) is 34.6 Å². The topological polar surface area (TPSA) is 123 Å². The summed E-state index contributed by atoms with van der Waals surface area (Å²) in [6.07, 6.45) is 3.13. The number of sulfonamides is 1. The summed E-state index contributed by atoms with van der Waals surface area (Å²) in [6.45, 7) is 10.5. The highest BCUT2D eigenvalue weighted by Gasteiger charge is 2.28. The number of carbonyl (C=O) groups excluding carboxylic acids is 1. The molecule has 1 aliphatic heterocycles.